The molecule has 3 N–H and O–H groups in total. The van der Waals surface area contributed by atoms with Crippen molar-refractivity contribution in [3.63, 3.8) is 0 Å². The first-order valence-electron chi connectivity index (χ1n) is 11.6. The summed E-state index contributed by atoms with van der Waals surface area (Å²) >= 11 is 0. The summed E-state index contributed by atoms with van der Waals surface area (Å²) in [6, 6.07) is 16.5. The number of anilines is 1. The monoisotopic (exact) mass is 476 g/mol. The van der Waals surface area contributed by atoms with Crippen molar-refractivity contribution in [1.29, 1.82) is 0 Å². The third kappa shape index (κ3) is 5.18. The minimum Gasteiger partial charge on any atom is -0.480 e. The normalized spacial score (nSPS) is 13.0. The van der Waals surface area contributed by atoms with E-state index in [1.165, 1.54) is 10.7 Å². The summed E-state index contributed by atoms with van der Waals surface area (Å²) in [6.45, 7) is 2.10. The second-order valence-electron chi connectivity index (χ2n) is 8.50. The van der Waals surface area contributed by atoms with Crippen LogP contribution in [0.25, 0.3) is 11.1 Å². The van der Waals surface area contributed by atoms with E-state index in [-0.39, 0.29) is 24.0 Å². The van der Waals surface area contributed by atoms with Gasteiger partial charge in [0.25, 0.3) is 5.91 Å². The van der Waals surface area contributed by atoms with Gasteiger partial charge >= 0.3 is 12.1 Å². The maximum absolute atomic E-state index is 12.6. The molecule has 2 amide bonds. The van der Waals surface area contributed by atoms with Gasteiger partial charge in [0.15, 0.2) is 5.69 Å². The van der Waals surface area contributed by atoms with Gasteiger partial charge in [-0.25, -0.2) is 9.59 Å². The number of amides is 2. The van der Waals surface area contributed by atoms with E-state index >= 15 is 0 Å². The molecule has 0 saturated heterocycles. The van der Waals surface area contributed by atoms with Crippen molar-refractivity contribution in [2.75, 3.05) is 11.9 Å². The zero-order valence-electron chi connectivity index (χ0n) is 19.7. The number of carbonyl (C=O) groups is 3. The molecule has 0 fully saturated rings. The van der Waals surface area contributed by atoms with Crippen molar-refractivity contribution in [3.05, 3.63) is 71.4 Å². The number of nitrogens with one attached hydrogen (secondary N) is 2. The number of unbranched alkanes of at least 4 members (excludes halogenated alkanes) is 1. The first kappa shape index (κ1) is 24.0. The number of ether oxygens (including phenoxy) is 1. The number of nitrogens with zero attached hydrogens (tertiary/aromatic N) is 2. The van der Waals surface area contributed by atoms with Gasteiger partial charge in [-0.3, -0.25) is 14.8 Å². The van der Waals surface area contributed by atoms with E-state index in [4.69, 9.17) is 4.74 Å². The molecule has 0 bridgehead atoms. The van der Waals surface area contributed by atoms with Crippen molar-refractivity contribution >= 4 is 23.8 Å². The van der Waals surface area contributed by atoms with Crippen LogP contribution >= 0.6 is 0 Å². The number of hydrogen-bond donors (Lipinski definition) is 3. The van der Waals surface area contributed by atoms with E-state index in [1.807, 2.05) is 43.3 Å². The highest BCUT2D eigenvalue weighted by atomic mass is 16.5. The molecule has 0 radical (unpaired) electrons. The fourth-order valence-corrected chi connectivity index (χ4v) is 4.33. The lowest BCUT2D eigenvalue weighted by Gasteiger charge is -2.14. The first-order chi connectivity index (χ1) is 16.9. The van der Waals surface area contributed by atoms with Gasteiger partial charge in [-0.1, -0.05) is 68.3 Å². The Bertz CT molecular complexity index is 1210. The molecule has 0 spiro atoms. The molecule has 3 aromatic rings. The Morgan fingerprint density at radius 2 is 1.71 bits per heavy atom. The lowest BCUT2D eigenvalue weighted by atomic mass is 9.98. The lowest BCUT2D eigenvalue weighted by molar-refractivity contribution is -0.139. The van der Waals surface area contributed by atoms with Crippen LogP contribution in [0.1, 0.15) is 53.7 Å². The summed E-state index contributed by atoms with van der Waals surface area (Å²) in [7, 11) is 1.57. The third-order valence-electron chi connectivity index (χ3n) is 6.14. The number of benzene rings is 2. The Morgan fingerprint density at radius 1 is 1.09 bits per heavy atom. The number of rotatable bonds is 9. The highest BCUT2D eigenvalue weighted by Gasteiger charge is 2.29. The van der Waals surface area contributed by atoms with E-state index in [0.29, 0.717) is 12.8 Å². The van der Waals surface area contributed by atoms with Crippen LogP contribution in [0.5, 0.6) is 0 Å². The SMILES string of the molecule is CCCCC(NC(=O)c1cc(NC(=O)OCC2c3ccccc3-c3ccccc32)n(C)n1)C(=O)O. The van der Waals surface area contributed by atoms with Crippen LogP contribution in [-0.2, 0) is 16.6 Å². The van der Waals surface area contributed by atoms with Gasteiger partial charge in [-0.05, 0) is 28.7 Å². The molecule has 0 aliphatic heterocycles. The minimum atomic E-state index is -1.10. The molecule has 2 aromatic carbocycles. The molecule has 0 saturated carbocycles. The predicted molar refractivity (Wildman–Crippen MR) is 130 cm³/mol. The van der Waals surface area contributed by atoms with Gasteiger partial charge in [0.2, 0.25) is 0 Å². The highest BCUT2D eigenvalue weighted by molar-refractivity contribution is 5.96. The van der Waals surface area contributed by atoms with Crippen LogP contribution in [-0.4, -0.2) is 45.5 Å². The molecular formula is C26H28N4O5. The summed E-state index contributed by atoms with van der Waals surface area (Å²) in [5, 5.41) is 18.5. The zero-order chi connectivity index (χ0) is 24.9. The minimum absolute atomic E-state index is 0.00389. The number of fused-ring (bicyclic) bond motifs is 3. The van der Waals surface area contributed by atoms with Crippen LogP contribution in [0.15, 0.2) is 54.6 Å². The van der Waals surface area contributed by atoms with E-state index < -0.39 is 24.0 Å². The lowest BCUT2D eigenvalue weighted by Crippen LogP contribution is -2.40. The third-order valence-corrected chi connectivity index (χ3v) is 6.14. The Morgan fingerprint density at radius 3 is 2.31 bits per heavy atom. The van der Waals surface area contributed by atoms with E-state index in [9.17, 15) is 19.5 Å². The topological polar surface area (TPSA) is 123 Å². The Kier molecular flexibility index (Phi) is 7.14. The van der Waals surface area contributed by atoms with Crippen molar-refractivity contribution in [2.45, 2.75) is 38.1 Å². The highest BCUT2D eigenvalue weighted by Crippen LogP contribution is 2.44. The summed E-state index contributed by atoms with van der Waals surface area (Å²) in [5.41, 5.74) is 4.49. The molecule has 9 heteroatoms. The molecule has 35 heavy (non-hydrogen) atoms. The van der Waals surface area contributed by atoms with Crippen molar-refractivity contribution in [1.82, 2.24) is 15.1 Å². The van der Waals surface area contributed by atoms with Crippen molar-refractivity contribution < 1.29 is 24.2 Å². The molecule has 1 aliphatic rings. The van der Waals surface area contributed by atoms with Gasteiger partial charge in [-0.15, -0.1) is 0 Å². The van der Waals surface area contributed by atoms with Crippen LogP contribution < -0.4 is 10.6 Å². The zero-order valence-corrected chi connectivity index (χ0v) is 19.7. The van der Waals surface area contributed by atoms with Gasteiger partial charge in [0.05, 0.1) is 0 Å². The number of hydrogen-bond acceptors (Lipinski definition) is 5. The average molecular weight is 477 g/mol. The van der Waals surface area contributed by atoms with E-state index in [2.05, 4.69) is 27.9 Å². The quantitative estimate of drug-likeness (QED) is 0.426. The fraction of sp³-hybridized carbons (Fsp3) is 0.308. The van der Waals surface area contributed by atoms with Gasteiger partial charge in [0.1, 0.15) is 18.5 Å². The van der Waals surface area contributed by atoms with E-state index in [0.717, 1.165) is 28.7 Å². The summed E-state index contributed by atoms with van der Waals surface area (Å²) in [6.07, 6.45) is 1.15. The Labute approximate surface area is 203 Å². The molecule has 1 atom stereocenters. The Balaban J connectivity index is 1.39. The number of aromatic nitrogens is 2. The average Bonchev–Trinajstić information content (AvgIpc) is 3.37. The van der Waals surface area contributed by atoms with Crippen LogP contribution in [0, 0.1) is 0 Å². The fourth-order valence-electron chi connectivity index (χ4n) is 4.33. The maximum Gasteiger partial charge on any atom is 0.412 e. The summed E-state index contributed by atoms with van der Waals surface area (Å²) < 4.78 is 6.87. The molecule has 1 aromatic heterocycles. The largest absolute Gasteiger partial charge is 0.480 e. The second kappa shape index (κ2) is 10.4. The second-order valence-corrected chi connectivity index (χ2v) is 8.50. The molecule has 182 valence electrons. The predicted octanol–water partition coefficient (Wildman–Crippen LogP) is 4.15. The smallest absolute Gasteiger partial charge is 0.412 e. The Hall–Kier alpha value is -4.14. The van der Waals surface area contributed by atoms with Gasteiger partial charge in [-0.2, -0.15) is 5.10 Å². The van der Waals surface area contributed by atoms with Crippen molar-refractivity contribution in [2.24, 2.45) is 7.05 Å². The van der Waals surface area contributed by atoms with Crippen LogP contribution in [0.4, 0.5) is 10.6 Å². The number of aryl methyl sites for hydroxylation is 1. The van der Waals surface area contributed by atoms with Crippen molar-refractivity contribution in [3.8, 4) is 11.1 Å². The van der Waals surface area contributed by atoms with E-state index in [1.54, 1.807) is 7.05 Å². The number of carboxylic acid groups (broad SMARTS) is 1. The van der Waals surface area contributed by atoms with Crippen LogP contribution in [0.3, 0.4) is 0 Å². The molecule has 1 aliphatic carbocycles. The summed E-state index contributed by atoms with van der Waals surface area (Å²) in [4.78, 5) is 36.5. The van der Waals surface area contributed by atoms with Gasteiger partial charge < -0.3 is 15.2 Å². The standard InChI is InChI=1S/C26H28N4O5/c1-3-4-13-21(25(32)33)27-24(31)22-14-23(30(2)29-22)28-26(34)35-15-20-18-11-7-5-9-16(18)17-10-6-8-12-19(17)20/h5-12,14,20-21H,3-4,13,15H2,1-2H3,(H,27,31)(H,28,34)(H,32,33). The van der Waals surface area contributed by atoms with Crippen LogP contribution in [0.2, 0.25) is 0 Å². The molecule has 4 rings (SSSR count). The number of aliphatic carboxylic acids is 1. The maximum atomic E-state index is 12.6. The first-order valence-corrected chi connectivity index (χ1v) is 11.6. The van der Waals surface area contributed by atoms with Gasteiger partial charge in [0, 0.05) is 19.0 Å². The molecule has 1 unspecified atom stereocenters. The molecule has 1 heterocycles. The number of carbonyl (C=O) groups excluding carboxylic acids is 2. The molecule has 9 nitrogen and oxygen atoms in total. The molecular weight excluding hydrogens is 448 g/mol. The summed E-state index contributed by atoms with van der Waals surface area (Å²) in [5.74, 6) is -1.53. The number of carboxylic acids is 1.